The maximum Gasteiger partial charge on any atom is 0.476 e. The van der Waals surface area contributed by atoms with Crippen LogP contribution in [0, 0.1) is 0 Å². The number of halogens is 1. The standard InChI is InChI=1S/C23H41ClO7P2/c1-5-9-17-27-32(25,28-18-10-6-2)23(21-13-15-22(24)16-14-21)31-33(26,29-19-11-7-3)30-20-12-8-4/h13-16,23H,5-12,17-20H2,1-4H3. The number of phosphoric acid groups is 1. The second kappa shape index (κ2) is 17.2. The topological polar surface area (TPSA) is 80.3 Å². The maximum absolute atomic E-state index is 14.1. The average molecular weight is 527 g/mol. The molecule has 0 N–H and O–H groups in total. The molecule has 1 unspecified atom stereocenters. The van der Waals surface area contributed by atoms with Crippen LogP contribution in [0.15, 0.2) is 24.3 Å². The lowest BCUT2D eigenvalue weighted by molar-refractivity contribution is 0.0803. The van der Waals surface area contributed by atoms with Crippen molar-refractivity contribution in [3.8, 4) is 0 Å². The average Bonchev–Trinajstić information content (AvgIpc) is 2.79. The third-order valence-corrected chi connectivity index (χ3v) is 8.65. The number of phosphoric ester groups is 1. The Morgan fingerprint density at radius 1 is 0.697 bits per heavy atom. The molecular formula is C23H41ClO7P2. The molecule has 7 nitrogen and oxygen atoms in total. The molecule has 1 aromatic rings. The van der Waals surface area contributed by atoms with Crippen LogP contribution in [0.4, 0.5) is 0 Å². The molecule has 1 atom stereocenters. The SMILES string of the molecule is CCCCOP(=O)(OCCCC)OC(c1ccc(Cl)cc1)P(=O)(OCCCC)OCCCC. The summed E-state index contributed by atoms with van der Waals surface area (Å²) in [4.78, 5) is 0. The number of hydrogen-bond acceptors (Lipinski definition) is 7. The zero-order chi connectivity index (χ0) is 24.6. The van der Waals surface area contributed by atoms with E-state index in [2.05, 4.69) is 0 Å². The summed E-state index contributed by atoms with van der Waals surface area (Å²) in [6.07, 6.45) is 6.21. The normalized spacial score (nSPS) is 13.4. The molecule has 0 aliphatic rings. The fourth-order valence-corrected chi connectivity index (χ4v) is 6.49. The van der Waals surface area contributed by atoms with E-state index in [1.54, 1.807) is 24.3 Å². The van der Waals surface area contributed by atoms with Crippen LogP contribution in [-0.4, -0.2) is 26.4 Å². The molecule has 192 valence electrons. The molecule has 0 aliphatic carbocycles. The molecule has 1 aromatic carbocycles. The number of hydrogen-bond donors (Lipinski definition) is 0. The zero-order valence-electron chi connectivity index (χ0n) is 20.5. The summed E-state index contributed by atoms with van der Waals surface area (Å²) < 4.78 is 56.4. The Kier molecular flexibility index (Phi) is 16.1. The quantitative estimate of drug-likeness (QED) is 0.124. The van der Waals surface area contributed by atoms with Crippen LogP contribution in [0.25, 0.3) is 0 Å². The third-order valence-electron chi connectivity index (χ3n) is 4.70. The van der Waals surface area contributed by atoms with Gasteiger partial charge in [0, 0.05) is 5.02 Å². The molecule has 0 spiro atoms. The second-order valence-corrected chi connectivity index (χ2v) is 11.9. The minimum Gasteiger partial charge on any atom is -0.307 e. The Morgan fingerprint density at radius 3 is 1.48 bits per heavy atom. The fourth-order valence-electron chi connectivity index (χ4n) is 2.64. The number of unbranched alkanes of at least 4 members (excludes halogenated alkanes) is 4. The first-order chi connectivity index (χ1) is 15.8. The summed E-state index contributed by atoms with van der Waals surface area (Å²) >= 11 is 6.06. The lowest BCUT2D eigenvalue weighted by atomic mass is 10.2. The van der Waals surface area contributed by atoms with Gasteiger partial charge in [-0.2, -0.15) is 0 Å². The van der Waals surface area contributed by atoms with E-state index in [-0.39, 0.29) is 26.4 Å². The van der Waals surface area contributed by atoms with E-state index < -0.39 is 21.3 Å². The minimum absolute atomic E-state index is 0.199. The van der Waals surface area contributed by atoms with Gasteiger partial charge in [-0.15, -0.1) is 0 Å². The molecule has 0 saturated carbocycles. The molecule has 0 heterocycles. The third kappa shape index (κ3) is 11.8. The highest BCUT2D eigenvalue weighted by atomic mass is 35.5. The summed E-state index contributed by atoms with van der Waals surface area (Å²) in [6.45, 7) is 8.88. The highest BCUT2D eigenvalue weighted by Gasteiger charge is 2.44. The van der Waals surface area contributed by atoms with Crippen molar-refractivity contribution in [2.24, 2.45) is 0 Å². The molecule has 0 fully saturated rings. The van der Waals surface area contributed by atoms with Crippen molar-refractivity contribution >= 4 is 27.0 Å². The van der Waals surface area contributed by atoms with Gasteiger partial charge < -0.3 is 9.05 Å². The number of rotatable bonds is 20. The van der Waals surface area contributed by atoms with E-state index in [4.69, 9.17) is 34.2 Å². The Hall–Kier alpha value is -0.230. The Bertz CT molecular complexity index is 702. The molecule has 0 aliphatic heterocycles. The van der Waals surface area contributed by atoms with Gasteiger partial charge in [-0.1, -0.05) is 77.1 Å². The van der Waals surface area contributed by atoms with Crippen molar-refractivity contribution in [3.05, 3.63) is 34.9 Å². The maximum atomic E-state index is 14.1. The Morgan fingerprint density at radius 2 is 1.09 bits per heavy atom. The van der Waals surface area contributed by atoms with Gasteiger partial charge in [0.05, 0.1) is 26.4 Å². The van der Waals surface area contributed by atoms with Crippen molar-refractivity contribution in [2.45, 2.75) is 84.9 Å². The van der Waals surface area contributed by atoms with Gasteiger partial charge in [-0.05, 0) is 43.4 Å². The molecule has 0 amide bonds. The predicted octanol–water partition coefficient (Wildman–Crippen LogP) is 8.92. The predicted molar refractivity (Wildman–Crippen MR) is 134 cm³/mol. The molecule has 0 bridgehead atoms. The minimum atomic E-state index is -4.05. The van der Waals surface area contributed by atoms with Crippen LogP contribution in [0.5, 0.6) is 0 Å². The second-order valence-electron chi connectivity index (χ2n) is 7.74. The molecular weight excluding hydrogens is 486 g/mol. The fraction of sp³-hybridized carbons (Fsp3) is 0.739. The summed E-state index contributed by atoms with van der Waals surface area (Å²) in [6, 6.07) is 6.62. The highest BCUT2D eigenvalue weighted by Crippen LogP contribution is 2.68. The van der Waals surface area contributed by atoms with E-state index in [1.807, 2.05) is 27.7 Å². The van der Waals surface area contributed by atoms with Crippen molar-refractivity contribution < 1.29 is 31.7 Å². The van der Waals surface area contributed by atoms with Gasteiger partial charge in [-0.25, -0.2) is 4.57 Å². The van der Waals surface area contributed by atoms with Crippen LogP contribution in [-0.2, 0) is 31.7 Å². The van der Waals surface area contributed by atoms with Crippen LogP contribution in [0.3, 0.4) is 0 Å². The highest BCUT2D eigenvalue weighted by molar-refractivity contribution is 7.55. The van der Waals surface area contributed by atoms with Gasteiger partial charge in [0.25, 0.3) is 0 Å². The van der Waals surface area contributed by atoms with Crippen molar-refractivity contribution in [2.75, 3.05) is 26.4 Å². The van der Waals surface area contributed by atoms with E-state index in [0.717, 1.165) is 25.7 Å². The van der Waals surface area contributed by atoms with Crippen LogP contribution in [0.1, 0.15) is 90.5 Å². The first-order valence-electron chi connectivity index (χ1n) is 12.1. The summed E-state index contributed by atoms with van der Waals surface area (Å²) in [7, 11) is -7.95. The molecule has 0 saturated heterocycles. The van der Waals surface area contributed by atoms with Crippen LogP contribution in [0.2, 0.25) is 5.02 Å². The summed E-state index contributed by atoms with van der Waals surface area (Å²) in [5, 5.41) is 0.507. The summed E-state index contributed by atoms with van der Waals surface area (Å²) in [5.74, 6) is -1.28. The monoisotopic (exact) mass is 526 g/mol. The smallest absolute Gasteiger partial charge is 0.307 e. The van der Waals surface area contributed by atoms with Gasteiger partial charge in [0.2, 0.25) is 0 Å². The lowest BCUT2D eigenvalue weighted by Crippen LogP contribution is -2.13. The van der Waals surface area contributed by atoms with Crippen molar-refractivity contribution in [1.29, 1.82) is 0 Å². The van der Waals surface area contributed by atoms with Crippen LogP contribution >= 0.6 is 27.0 Å². The summed E-state index contributed by atoms with van der Waals surface area (Å²) in [5.41, 5.74) is 0.467. The number of benzene rings is 1. The molecule has 1 rings (SSSR count). The van der Waals surface area contributed by atoms with E-state index in [9.17, 15) is 9.13 Å². The largest absolute Gasteiger partial charge is 0.476 e. The van der Waals surface area contributed by atoms with Gasteiger partial charge in [0.15, 0.2) is 5.85 Å². The molecule has 33 heavy (non-hydrogen) atoms. The zero-order valence-corrected chi connectivity index (χ0v) is 23.0. The van der Waals surface area contributed by atoms with E-state index in [0.29, 0.717) is 36.3 Å². The molecule has 0 radical (unpaired) electrons. The first-order valence-corrected chi connectivity index (χ1v) is 15.5. The van der Waals surface area contributed by atoms with Gasteiger partial charge >= 0.3 is 15.4 Å². The molecule has 0 aromatic heterocycles. The van der Waals surface area contributed by atoms with Gasteiger partial charge in [0.1, 0.15) is 0 Å². The lowest BCUT2D eigenvalue weighted by Gasteiger charge is -2.30. The first kappa shape index (κ1) is 30.8. The van der Waals surface area contributed by atoms with E-state index in [1.165, 1.54) is 0 Å². The van der Waals surface area contributed by atoms with E-state index >= 15 is 0 Å². The molecule has 10 heteroatoms. The van der Waals surface area contributed by atoms with Gasteiger partial charge in [-0.3, -0.25) is 18.1 Å². The Labute approximate surface area is 205 Å². The Balaban J connectivity index is 3.32. The van der Waals surface area contributed by atoms with Crippen molar-refractivity contribution in [1.82, 2.24) is 0 Å². The van der Waals surface area contributed by atoms with Crippen LogP contribution < -0.4 is 0 Å². The van der Waals surface area contributed by atoms with Crippen molar-refractivity contribution in [3.63, 3.8) is 0 Å².